The van der Waals surface area contributed by atoms with E-state index < -0.39 is 0 Å². The zero-order chi connectivity index (χ0) is 9.84. The first-order valence-corrected chi connectivity index (χ1v) is 4.57. The summed E-state index contributed by atoms with van der Waals surface area (Å²) in [7, 11) is 0. The van der Waals surface area contributed by atoms with E-state index in [0.717, 1.165) is 11.1 Å². The fourth-order valence-corrected chi connectivity index (χ4v) is 1.43. The number of allylic oxidation sites excluding steroid dienone is 2. The molecule has 0 aliphatic carbocycles. The molecule has 1 nitrogen and oxygen atoms in total. The Labute approximate surface area is 79.7 Å². The fourth-order valence-electron chi connectivity index (χ4n) is 1.43. The quantitative estimate of drug-likeness (QED) is 0.685. The van der Waals surface area contributed by atoms with E-state index in [1.807, 2.05) is 32.1 Å². The average molecular weight is 176 g/mol. The van der Waals surface area contributed by atoms with E-state index >= 15 is 0 Å². The van der Waals surface area contributed by atoms with E-state index in [1.54, 1.807) is 6.07 Å². The maximum atomic E-state index is 9.65. The highest BCUT2D eigenvalue weighted by Crippen LogP contribution is 2.27. The van der Waals surface area contributed by atoms with Crippen LogP contribution in [0.3, 0.4) is 0 Å². The second kappa shape index (κ2) is 4.13. The molecule has 0 aromatic heterocycles. The number of phenols is 1. The number of benzene rings is 1. The van der Waals surface area contributed by atoms with Crippen molar-refractivity contribution in [2.75, 3.05) is 0 Å². The van der Waals surface area contributed by atoms with Crippen LogP contribution in [-0.4, -0.2) is 5.11 Å². The van der Waals surface area contributed by atoms with Crippen LogP contribution in [0, 0.1) is 6.92 Å². The molecule has 70 valence electrons. The molecule has 0 unspecified atom stereocenters. The van der Waals surface area contributed by atoms with Crippen molar-refractivity contribution in [1.29, 1.82) is 0 Å². The zero-order valence-electron chi connectivity index (χ0n) is 8.41. The van der Waals surface area contributed by atoms with Gasteiger partial charge in [-0.15, -0.1) is 0 Å². The normalized spacial score (nSPS) is 13.5. The molecule has 0 amide bonds. The molecule has 0 radical (unpaired) electrons. The minimum absolute atomic E-state index is 0.283. The summed E-state index contributed by atoms with van der Waals surface area (Å²) in [5.74, 6) is 0.677. The van der Waals surface area contributed by atoms with Gasteiger partial charge in [0, 0.05) is 11.5 Å². The molecule has 1 aromatic carbocycles. The van der Waals surface area contributed by atoms with Crippen LogP contribution >= 0.6 is 0 Å². The SMILES string of the molecule is C/C=C/[C@H](C)c1ccc(C)cc1O. The summed E-state index contributed by atoms with van der Waals surface area (Å²) in [4.78, 5) is 0. The van der Waals surface area contributed by atoms with Crippen LogP contribution in [-0.2, 0) is 0 Å². The number of hydrogen-bond donors (Lipinski definition) is 1. The van der Waals surface area contributed by atoms with Gasteiger partial charge in [0.25, 0.3) is 0 Å². The van der Waals surface area contributed by atoms with Crippen LogP contribution < -0.4 is 0 Å². The second-order valence-electron chi connectivity index (χ2n) is 3.38. The van der Waals surface area contributed by atoms with Gasteiger partial charge in [0.2, 0.25) is 0 Å². The van der Waals surface area contributed by atoms with Crippen LogP contribution in [0.15, 0.2) is 30.4 Å². The summed E-state index contributed by atoms with van der Waals surface area (Å²) >= 11 is 0. The third-order valence-electron chi connectivity index (χ3n) is 2.16. The number of phenolic OH excluding ortho intramolecular Hbond substituents is 1. The Morgan fingerprint density at radius 1 is 1.38 bits per heavy atom. The Balaban J connectivity index is 3.01. The number of aryl methyl sites for hydroxylation is 1. The Hall–Kier alpha value is -1.24. The van der Waals surface area contributed by atoms with Gasteiger partial charge in [-0.05, 0) is 25.5 Å². The molecule has 1 N–H and O–H groups in total. The molecule has 0 saturated carbocycles. The third kappa shape index (κ3) is 2.35. The largest absolute Gasteiger partial charge is 0.508 e. The molecule has 0 aliphatic heterocycles. The highest BCUT2D eigenvalue weighted by molar-refractivity contribution is 5.39. The van der Waals surface area contributed by atoms with E-state index in [0.29, 0.717) is 5.75 Å². The molecule has 0 saturated heterocycles. The molecular weight excluding hydrogens is 160 g/mol. The van der Waals surface area contributed by atoms with Gasteiger partial charge in [-0.1, -0.05) is 31.2 Å². The lowest BCUT2D eigenvalue weighted by molar-refractivity contribution is 0.466. The van der Waals surface area contributed by atoms with Crippen LogP contribution in [0.2, 0.25) is 0 Å². The molecule has 13 heavy (non-hydrogen) atoms. The smallest absolute Gasteiger partial charge is 0.119 e. The summed E-state index contributed by atoms with van der Waals surface area (Å²) in [5, 5.41) is 9.65. The van der Waals surface area contributed by atoms with Gasteiger partial charge in [-0.25, -0.2) is 0 Å². The lowest BCUT2D eigenvalue weighted by Gasteiger charge is -2.09. The van der Waals surface area contributed by atoms with E-state index in [2.05, 4.69) is 13.0 Å². The third-order valence-corrected chi connectivity index (χ3v) is 2.16. The predicted molar refractivity (Wildman–Crippen MR) is 56.1 cm³/mol. The Morgan fingerprint density at radius 2 is 2.08 bits per heavy atom. The summed E-state index contributed by atoms with van der Waals surface area (Å²) in [6.07, 6.45) is 4.08. The van der Waals surface area contributed by atoms with Crippen LogP contribution in [0.4, 0.5) is 0 Å². The van der Waals surface area contributed by atoms with Gasteiger partial charge in [0.05, 0.1) is 0 Å². The highest BCUT2D eigenvalue weighted by Gasteiger charge is 2.06. The second-order valence-corrected chi connectivity index (χ2v) is 3.38. The Bertz CT molecular complexity index is 313. The van der Waals surface area contributed by atoms with Gasteiger partial charge < -0.3 is 5.11 Å². The first-order valence-electron chi connectivity index (χ1n) is 4.57. The maximum absolute atomic E-state index is 9.65. The van der Waals surface area contributed by atoms with Crippen molar-refractivity contribution in [3.05, 3.63) is 41.5 Å². The molecule has 0 fully saturated rings. The van der Waals surface area contributed by atoms with Crippen LogP contribution in [0.25, 0.3) is 0 Å². The van der Waals surface area contributed by atoms with E-state index in [-0.39, 0.29) is 5.92 Å². The Morgan fingerprint density at radius 3 is 2.62 bits per heavy atom. The van der Waals surface area contributed by atoms with Crippen molar-refractivity contribution < 1.29 is 5.11 Å². The topological polar surface area (TPSA) is 20.2 Å². The number of aromatic hydroxyl groups is 1. The lowest BCUT2D eigenvalue weighted by atomic mass is 9.98. The molecule has 0 heterocycles. The van der Waals surface area contributed by atoms with Crippen molar-refractivity contribution in [2.45, 2.75) is 26.7 Å². The van der Waals surface area contributed by atoms with Crippen molar-refractivity contribution in [2.24, 2.45) is 0 Å². The Kier molecular flexibility index (Phi) is 3.13. The number of hydrogen-bond acceptors (Lipinski definition) is 1. The average Bonchev–Trinajstić information content (AvgIpc) is 2.04. The van der Waals surface area contributed by atoms with Gasteiger partial charge >= 0.3 is 0 Å². The molecular formula is C12H16O. The number of rotatable bonds is 2. The van der Waals surface area contributed by atoms with Crippen LogP contribution in [0.5, 0.6) is 5.75 Å². The van der Waals surface area contributed by atoms with Crippen LogP contribution in [0.1, 0.15) is 30.9 Å². The minimum atomic E-state index is 0.283. The van der Waals surface area contributed by atoms with Crippen molar-refractivity contribution >= 4 is 0 Å². The van der Waals surface area contributed by atoms with E-state index in [9.17, 15) is 5.11 Å². The summed E-state index contributed by atoms with van der Waals surface area (Å²) in [6, 6.07) is 5.81. The molecule has 1 heteroatoms. The maximum Gasteiger partial charge on any atom is 0.119 e. The molecule has 1 atom stereocenters. The summed E-state index contributed by atoms with van der Waals surface area (Å²) in [5.41, 5.74) is 2.08. The van der Waals surface area contributed by atoms with Gasteiger partial charge in [-0.3, -0.25) is 0 Å². The molecule has 0 aliphatic rings. The molecule has 0 bridgehead atoms. The molecule has 1 aromatic rings. The van der Waals surface area contributed by atoms with Crippen molar-refractivity contribution in [3.8, 4) is 5.75 Å². The zero-order valence-corrected chi connectivity index (χ0v) is 8.41. The van der Waals surface area contributed by atoms with Gasteiger partial charge in [0.15, 0.2) is 0 Å². The summed E-state index contributed by atoms with van der Waals surface area (Å²) in [6.45, 7) is 6.04. The predicted octanol–water partition coefficient (Wildman–Crippen LogP) is 3.38. The molecule has 1 rings (SSSR count). The van der Waals surface area contributed by atoms with Crippen molar-refractivity contribution in [1.82, 2.24) is 0 Å². The first kappa shape index (κ1) is 9.85. The minimum Gasteiger partial charge on any atom is -0.508 e. The standard InChI is InChI=1S/C12H16O/c1-4-5-10(3)11-7-6-9(2)8-12(11)13/h4-8,10,13H,1-3H3/b5-4+/t10-/m0/s1. The highest BCUT2D eigenvalue weighted by atomic mass is 16.3. The molecule has 0 spiro atoms. The summed E-state index contributed by atoms with van der Waals surface area (Å²) < 4.78 is 0. The van der Waals surface area contributed by atoms with Gasteiger partial charge in [0.1, 0.15) is 5.75 Å². The van der Waals surface area contributed by atoms with Crippen molar-refractivity contribution in [3.63, 3.8) is 0 Å². The first-order chi connectivity index (χ1) is 6.15. The lowest BCUT2D eigenvalue weighted by Crippen LogP contribution is -1.90. The fraction of sp³-hybridized carbons (Fsp3) is 0.333. The van der Waals surface area contributed by atoms with E-state index in [4.69, 9.17) is 0 Å². The van der Waals surface area contributed by atoms with E-state index in [1.165, 1.54) is 0 Å². The van der Waals surface area contributed by atoms with Gasteiger partial charge in [-0.2, -0.15) is 0 Å². The monoisotopic (exact) mass is 176 g/mol.